The van der Waals surface area contributed by atoms with Crippen molar-refractivity contribution in [3.8, 4) is 5.69 Å². The molecular formula is C20H21N3O2. The summed E-state index contributed by atoms with van der Waals surface area (Å²) in [7, 11) is 0. The predicted molar refractivity (Wildman–Crippen MR) is 99.1 cm³/mol. The fourth-order valence-corrected chi connectivity index (χ4v) is 2.54. The first-order valence-electron chi connectivity index (χ1n) is 8.37. The minimum Gasteiger partial charge on any atom is -0.348 e. The molecule has 1 amide bonds. The van der Waals surface area contributed by atoms with Gasteiger partial charge in [0.25, 0.3) is 11.5 Å². The van der Waals surface area contributed by atoms with Crippen molar-refractivity contribution in [2.24, 2.45) is 5.92 Å². The molecule has 0 spiro atoms. The molecule has 128 valence electrons. The van der Waals surface area contributed by atoms with E-state index in [-0.39, 0.29) is 23.2 Å². The molecule has 5 heteroatoms. The molecule has 0 saturated heterocycles. The molecule has 0 saturated carbocycles. The number of hydrogen-bond donors (Lipinski definition) is 1. The lowest BCUT2D eigenvalue weighted by atomic mass is 10.1. The smallest absolute Gasteiger partial charge is 0.279 e. The number of nitrogens with one attached hydrogen (secondary N) is 1. The van der Waals surface area contributed by atoms with E-state index in [2.05, 4.69) is 10.4 Å². The van der Waals surface area contributed by atoms with Crippen molar-refractivity contribution < 1.29 is 4.79 Å². The number of fused-ring (bicyclic) bond motifs is 1. The summed E-state index contributed by atoms with van der Waals surface area (Å²) >= 11 is 0. The first kappa shape index (κ1) is 16.9. The number of hydrogen-bond acceptors (Lipinski definition) is 3. The number of carbonyl (C=O) groups excluding carboxylic acids is 1. The first-order chi connectivity index (χ1) is 12.0. The van der Waals surface area contributed by atoms with E-state index in [9.17, 15) is 9.59 Å². The number of rotatable bonds is 4. The van der Waals surface area contributed by atoms with Crippen LogP contribution < -0.4 is 10.9 Å². The van der Waals surface area contributed by atoms with E-state index in [1.807, 2.05) is 39.0 Å². The normalized spacial score (nSPS) is 12.3. The molecule has 1 unspecified atom stereocenters. The summed E-state index contributed by atoms with van der Waals surface area (Å²) in [6, 6.07) is 16.2. The third-order valence-electron chi connectivity index (χ3n) is 4.38. The Morgan fingerprint density at radius 1 is 0.960 bits per heavy atom. The van der Waals surface area contributed by atoms with E-state index in [4.69, 9.17) is 0 Å². The monoisotopic (exact) mass is 335 g/mol. The van der Waals surface area contributed by atoms with Gasteiger partial charge in [-0.1, -0.05) is 50.2 Å². The molecular weight excluding hydrogens is 314 g/mol. The molecule has 25 heavy (non-hydrogen) atoms. The van der Waals surface area contributed by atoms with Gasteiger partial charge in [0.1, 0.15) is 0 Å². The largest absolute Gasteiger partial charge is 0.348 e. The Bertz CT molecular complexity index is 962. The minimum absolute atomic E-state index is 0.00478. The lowest BCUT2D eigenvalue weighted by molar-refractivity contribution is 0.0925. The maximum atomic E-state index is 12.8. The van der Waals surface area contributed by atoms with Crippen LogP contribution in [0.25, 0.3) is 16.5 Å². The van der Waals surface area contributed by atoms with Crippen molar-refractivity contribution in [1.29, 1.82) is 0 Å². The van der Waals surface area contributed by atoms with Crippen LogP contribution >= 0.6 is 0 Å². The molecule has 0 aliphatic heterocycles. The summed E-state index contributed by atoms with van der Waals surface area (Å²) in [6.07, 6.45) is 0. The fraction of sp³-hybridized carbons (Fsp3) is 0.250. The van der Waals surface area contributed by atoms with E-state index in [1.54, 1.807) is 36.4 Å². The van der Waals surface area contributed by atoms with Crippen molar-refractivity contribution in [2.45, 2.75) is 26.8 Å². The summed E-state index contributed by atoms with van der Waals surface area (Å²) in [5, 5.41) is 8.38. The molecule has 1 N–H and O–H groups in total. The van der Waals surface area contributed by atoms with Gasteiger partial charge in [0, 0.05) is 11.4 Å². The van der Waals surface area contributed by atoms with E-state index >= 15 is 0 Å². The lowest BCUT2D eigenvalue weighted by Crippen LogP contribution is -2.38. The third-order valence-corrected chi connectivity index (χ3v) is 4.38. The Kier molecular flexibility index (Phi) is 4.65. The molecule has 0 bridgehead atoms. The second-order valence-corrected chi connectivity index (χ2v) is 6.45. The van der Waals surface area contributed by atoms with E-state index in [0.717, 1.165) is 0 Å². The van der Waals surface area contributed by atoms with Gasteiger partial charge >= 0.3 is 0 Å². The predicted octanol–water partition coefficient (Wildman–Crippen LogP) is 3.16. The van der Waals surface area contributed by atoms with Crippen LogP contribution in [0.5, 0.6) is 0 Å². The van der Waals surface area contributed by atoms with Gasteiger partial charge in [-0.3, -0.25) is 9.59 Å². The van der Waals surface area contributed by atoms with Crippen LogP contribution in [0.2, 0.25) is 0 Å². The number of aromatic nitrogens is 2. The van der Waals surface area contributed by atoms with Crippen molar-refractivity contribution in [1.82, 2.24) is 15.1 Å². The van der Waals surface area contributed by atoms with Gasteiger partial charge in [-0.2, -0.15) is 9.78 Å². The number of benzene rings is 2. The van der Waals surface area contributed by atoms with Crippen molar-refractivity contribution in [3.05, 3.63) is 70.6 Å². The van der Waals surface area contributed by atoms with Gasteiger partial charge in [0.2, 0.25) is 0 Å². The third kappa shape index (κ3) is 3.31. The SMILES string of the molecule is CC(C)C(C)NC(=O)c1nn(-c2ccccc2)c(=O)c2ccccc12. The van der Waals surface area contributed by atoms with E-state index < -0.39 is 0 Å². The van der Waals surface area contributed by atoms with Crippen molar-refractivity contribution in [3.63, 3.8) is 0 Å². The number of para-hydroxylation sites is 1. The van der Waals surface area contributed by atoms with Gasteiger partial charge in [-0.15, -0.1) is 0 Å². The number of amides is 1. The number of carbonyl (C=O) groups is 1. The quantitative estimate of drug-likeness (QED) is 0.796. The Morgan fingerprint density at radius 2 is 1.56 bits per heavy atom. The Labute approximate surface area is 146 Å². The molecule has 2 aromatic carbocycles. The highest BCUT2D eigenvalue weighted by Crippen LogP contribution is 2.15. The molecule has 0 aliphatic carbocycles. The van der Waals surface area contributed by atoms with Gasteiger partial charge < -0.3 is 5.32 Å². The van der Waals surface area contributed by atoms with Crippen LogP contribution in [0.4, 0.5) is 0 Å². The van der Waals surface area contributed by atoms with Crippen LogP contribution in [0.3, 0.4) is 0 Å². The second kappa shape index (κ2) is 6.89. The van der Waals surface area contributed by atoms with Crippen molar-refractivity contribution >= 4 is 16.7 Å². The topological polar surface area (TPSA) is 64.0 Å². The fourth-order valence-electron chi connectivity index (χ4n) is 2.54. The molecule has 5 nitrogen and oxygen atoms in total. The zero-order chi connectivity index (χ0) is 18.0. The summed E-state index contributed by atoms with van der Waals surface area (Å²) in [4.78, 5) is 25.6. The molecule has 1 aromatic heterocycles. The average molecular weight is 335 g/mol. The molecule has 0 radical (unpaired) electrons. The zero-order valence-electron chi connectivity index (χ0n) is 14.6. The molecule has 3 aromatic rings. The van der Waals surface area contributed by atoms with E-state index in [1.165, 1.54) is 4.68 Å². The van der Waals surface area contributed by atoms with Gasteiger partial charge in [-0.25, -0.2) is 0 Å². The molecule has 1 atom stereocenters. The Hall–Kier alpha value is -2.95. The summed E-state index contributed by atoms with van der Waals surface area (Å²) in [5.74, 6) is 0.0253. The van der Waals surface area contributed by atoms with E-state index in [0.29, 0.717) is 22.4 Å². The van der Waals surface area contributed by atoms with Crippen LogP contribution in [-0.2, 0) is 0 Å². The first-order valence-corrected chi connectivity index (χ1v) is 8.37. The second-order valence-electron chi connectivity index (χ2n) is 6.45. The van der Waals surface area contributed by atoms with Crippen LogP contribution in [0.1, 0.15) is 31.3 Å². The highest BCUT2D eigenvalue weighted by molar-refractivity contribution is 6.04. The van der Waals surface area contributed by atoms with Crippen LogP contribution in [-0.4, -0.2) is 21.7 Å². The molecule has 0 aliphatic rings. The lowest BCUT2D eigenvalue weighted by Gasteiger charge is -2.18. The molecule has 1 heterocycles. The zero-order valence-corrected chi connectivity index (χ0v) is 14.6. The highest BCUT2D eigenvalue weighted by atomic mass is 16.2. The summed E-state index contributed by atoms with van der Waals surface area (Å²) < 4.78 is 1.29. The number of nitrogens with zero attached hydrogens (tertiary/aromatic N) is 2. The summed E-state index contributed by atoms with van der Waals surface area (Å²) in [5.41, 5.74) is 0.644. The highest BCUT2D eigenvalue weighted by Gasteiger charge is 2.19. The molecule has 0 fully saturated rings. The Morgan fingerprint density at radius 3 is 2.20 bits per heavy atom. The van der Waals surface area contributed by atoms with Crippen LogP contribution in [0, 0.1) is 5.92 Å². The van der Waals surface area contributed by atoms with Gasteiger partial charge in [0.05, 0.1) is 11.1 Å². The van der Waals surface area contributed by atoms with Gasteiger partial charge in [0.15, 0.2) is 5.69 Å². The van der Waals surface area contributed by atoms with Crippen molar-refractivity contribution in [2.75, 3.05) is 0 Å². The van der Waals surface area contributed by atoms with Crippen LogP contribution in [0.15, 0.2) is 59.4 Å². The maximum absolute atomic E-state index is 12.8. The summed E-state index contributed by atoms with van der Waals surface area (Å²) in [6.45, 7) is 6.04. The minimum atomic E-state index is -0.276. The average Bonchev–Trinajstić information content (AvgIpc) is 2.62. The Balaban J connectivity index is 2.19. The maximum Gasteiger partial charge on any atom is 0.279 e. The standard InChI is InChI=1S/C20H21N3O2/c1-13(2)14(3)21-19(24)18-16-11-7-8-12-17(16)20(25)23(22-18)15-9-5-4-6-10-15/h4-14H,1-3H3,(H,21,24). The van der Waals surface area contributed by atoms with Gasteiger partial charge in [-0.05, 0) is 31.0 Å². The molecule has 3 rings (SSSR count).